The lowest BCUT2D eigenvalue weighted by Crippen LogP contribution is -2.25. The Morgan fingerprint density at radius 3 is 2.50 bits per heavy atom. The van der Waals surface area contributed by atoms with E-state index in [4.69, 9.17) is 5.11 Å². The van der Waals surface area contributed by atoms with Crippen LogP contribution >= 0.6 is 0 Å². The van der Waals surface area contributed by atoms with Crippen molar-refractivity contribution < 1.29 is 14.8 Å². The number of aliphatic carboxylic acids is 1. The quantitative estimate of drug-likeness (QED) is 0.383. The van der Waals surface area contributed by atoms with Gasteiger partial charge in [0.2, 0.25) is 6.04 Å². The molecule has 5 nitrogen and oxygen atoms in total. The normalized spacial score (nSPS) is 12.1. The van der Waals surface area contributed by atoms with E-state index >= 15 is 0 Å². The van der Waals surface area contributed by atoms with Crippen molar-refractivity contribution >= 4 is 5.97 Å². The van der Waals surface area contributed by atoms with Gasteiger partial charge in [-0.15, -0.1) is 0 Å². The second-order valence-electron chi connectivity index (χ2n) is 2.42. The summed E-state index contributed by atoms with van der Waals surface area (Å²) in [7, 11) is 0. The number of carbonyl (C=O) groups is 1. The third-order valence-corrected chi connectivity index (χ3v) is 1.49. The molecule has 0 rings (SSSR count). The van der Waals surface area contributed by atoms with E-state index in [1.165, 1.54) is 0 Å². The molecule has 0 aliphatic carbocycles. The van der Waals surface area contributed by atoms with E-state index in [2.05, 4.69) is 6.58 Å². The molecule has 0 aromatic carbocycles. The van der Waals surface area contributed by atoms with Crippen molar-refractivity contribution in [1.82, 2.24) is 0 Å². The van der Waals surface area contributed by atoms with Crippen molar-refractivity contribution in [2.45, 2.75) is 25.8 Å². The standard InChI is InChI=1S/C7H11NO4/c1-3-4-6(8(11)12)5(2)7(9)10/h6H,2-4H2,1H3,(H,9,10). The molecule has 0 spiro atoms. The number of hydrogen-bond acceptors (Lipinski definition) is 3. The molecule has 0 aromatic rings. The van der Waals surface area contributed by atoms with E-state index in [0.29, 0.717) is 6.42 Å². The summed E-state index contributed by atoms with van der Waals surface area (Å²) in [6.45, 7) is 4.91. The van der Waals surface area contributed by atoms with Crippen LogP contribution < -0.4 is 0 Å². The van der Waals surface area contributed by atoms with E-state index < -0.39 is 16.9 Å². The lowest BCUT2D eigenvalue weighted by atomic mass is 10.1. The van der Waals surface area contributed by atoms with E-state index in [1.807, 2.05) is 0 Å². The van der Waals surface area contributed by atoms with Crippen LogP contribution in [-0.2, 0) is 4.79 Å². The van der Waals surface area contributed by atoms with Gasteiger partial charge in [-0.1, -0.05) is 13.5 Å². The molecule has 68 valence electrons. The van der Waals surface area contributed by atoms with Crippen LogP contribution in [0.1, 0.15) is 19.8 Å². The summed E-state index contributed by atoms with van der Waals surface area (Å²) in [5.41, 5.74) is -0.346. The fourth-order valence-corrected chi connectivity index (χ4v) is 0.823. The van der Waals surface area contributed by atoms with Crippen molar-refractivity contribution in [1.29, 1.82) is 0 Å². The Morgan fingerprint density at radius 2 is 2.25 bits per heavy atom. The molecule has 1 atom stereocenters. The molecule has 1 N–H and O–H groups in total. The molecule has 0 fully saturated rings. The Bertz CT molecular complexity index is 211. The highest BCUT2D eigenvalue weighted by atomic mass is 16.6. The first-order valence-electron chi connectivity index (χ1n) is 3.56. The molecular formula is C7H11NO4. The average molecular weight is 173 g/mol. The highest BCUT2D eigenvalue weighted by molar-refractivity contribution is 5.86. The third-order valence-electron chi connectivity index (χ3n) is 1.49. The van der Waals surface area contributed by atoms with Crippen molar-refractivity contribution in [3.8, 4) is 0 Å². The van der Waals surface area contributed by atoms with Gasteiger partial charge in [0, 0.05) is 11.3 Å². The van der Waals surface area contributed by atoms with Gasteiger partial charge in [0.1, 0.15) is 5.57 Å². The third kappa shape index (κ3) is 2.69. The molecule has 1 unspecified atom stereocenters. The Morgan fingerprint density at radius 1 is 1.75 bits per heavy atom. The topological polar surface area (TPSA) is 80.4 Å². The van der Waals surface area contributed by atoms with Crippen LogP contribution in [-0.4, -0.2) is 22.0 Å². The summed E-state index contributed by atoms with van der Waals surface area (Å²) in [6, 6.07) is -1.15. The van der Waals surface area contributed by atoms with E-state index in [9.17, 15) is 14.9 Å². The number of hydrogen-bond donors (Lipinski definition) is 1. The van der Waals surface area contributed by atoms with Gasteiger partial charge >= 0.3 is 5.97 Å². The van der Waals surface area contributed by atoms with E-state index in [-0.39, 0.29) is 12.0 Å². The lowest BCUT2D eigenvalue weighted by Gasteiger charge is -2.06. The summed E-state index contributed by atoms with van der Waals surface area (Å²) in [6.07, 6.45) is 0.788. The lowest BCUT2D eigenvalue weighted by molar-refractivity contribution is -0.512. The molecular weight excluding hydrogens is 162 g/mol. The number of carboxylic acids is 1. The maximum Gasteiger partial charge on any atom is 0.337 e. The largest absolute Gasteiger partial charge is 0.478 e. The fraction of sp³-hybridized carbons (Fsp3) is 0.571. The molecule has 5 heteroatoms. The van der Waals surface area contributed by atoms with E-state index in [0.717, 1.165) is 0 Å². The van der Waals surface area contributed by atoms with Crippen LogP contribution in [0.3, 0.4) is 0 Å². The summed E-state index contributed by atoms with van der Waals surface area (Å²) >= 11 is 0. The first kappa shape index (κ1) is 10.6. The summed E-state index contributed by atoms with van der Waals surface area (Å²) in [5, 5.41) is 18.7. The molecule has 0 radical (unpaired) electrons. The monoisotopic (exact) mass is 173 g/mol. The Balaban J connectivity index is 4.40. The van der Waals surface area contributed by atoms with Crippen molar-refractivity contribution in [2.24, 2.45) is 0 Å². The molecule has 0 bridgehead atoms. The molecule has 0 aromatic heterocycles. The minimum atomic E-state index is -1.30. The smallest absolute Gasteiger partial charge is 0.337 e. The maximum atomic E-state index is 10.3. The molecule has 12 heavy (non-hydrogen) atoms. The van der Waals surface area contributed by atoms with Crippen molar-refractivity contribution in [3.05, 3.63) is 22.3 Å². The minimum Gasteiger partial charge on any atom is -0.478 e. The van der Waals surface area contributed by atoms with Crippen LogP contribution in [0, 0.1) is 10.1 Å². The van der Waals surface area contributed by atoms with Gasteiger partial charge in [-0.25, -0.2) is 4.79 Å². The minimum absolute atomic E-state index is 0.220. The molecule has 0 aliphatic heterocycles. The molecule has 0 amide bonds. The maximum absolute atomic E-state index is 10.3. The van der Waals surface area contributed by atoms with E-state index in [1.54, 1.807) is 6.92 Å². The zero-order chi connectivity index (χ0) is 9.72. The van der Waals surface area contributed by atoms with Gasteiger partial charge in [-0.05, 0) is 6.42 Å². The number of nitrogens with zero attached hydrogens (tertiary/aromatic N) is 1. The molecule has 0 saturated carbocycles. The van der Waals surface area contributed by atoms with Gasteiger partial charge in [-0.2, -0.15) is 0 Å². The predicted molar refractivity (Wildman–Crippen MR) is 42.5 cm³/mol. The van der Waals surface area contributed by atoms with Crippen molar-refractivity contribution in [2.75, 3.05) is 0 Å². The Labute approximate surface area is 69.8 Å². The Hall–Kier alpha value is -1.39. The van der Waals surface area contributed by atoms with Crippen LogP contribution in [0.5, 0.6) is 0 Å². The van der Waals surface area contributed by atoms with Gasteiger partial charge in [0.15, 0.2) is 0 Å². The SMILES string of the molecule is C=C(C(=O)O)C(CCC)[N+](=O)[O-]. The number of rotatable bonds is 5. The second kappa shape index (κ2) is 4.48. The molecule has 0 heterocycles. The number of carboxylic acid groups (broad SMARTS) is 1. The highest BCUT2D eigenvalue weighted by Crippen LogP contribution is 2.10. The van der Waals surface area contributed by atoms with Gasteiger partial charge in [0.05, 0.1) is 0 Å². The summed E-state index contributed by atoms with van der Waals surface area (Å²) in [5.74, 6) is -1.30. The molecule has 0 aliphatic rings. The molecule has 0 saturated heterocycles. The zero-order valence-corrected chi connectivity index (χ0v) is 6.82. The summed E-state index contributed by atoms with van der Waals surface area (Å²) < 4.78 is 0. The first-order chi connectivity index (χ1) is 5.50. The van der Waals surface area contributed by atoms with Gasteiger partial charge in [-0.3, -0.25) is 10.1 Å². The highest BCUT2D eigenvalue weighted by Gasteiger charge is 2.27. The summed E-state index contributed by atoms with van der Waals surface area (Å²) in [4.78, 5) is 20.0. The first-order valence-corrected chi connectivity index (χ1v) is 3.56. The van der Waals surface area contributed by atoms with Crippen LogP contribution in [0.2, 0.25) is 0 Å². The Kier molecular flexibility index (Phi) is 3.96. The zero-order valence-electron chi connectivity index (χ0n) is 6.82. The predicted octanol–water partition coefficient (Wildman–Crippen LogP) is 1.07. The second-order valence-corrected chi connectivity index (χ2v) is 2.42. The fourth-order valence-electron chi connectivity index (χ4n) is 0.823. The van der Waals surface area contributed by atoms with Crippen LogP contribution in [0.15, 0.2) is 12.2 Å². The van der Waals surface area contributed by atoms with Gasteiger partial charge < -0.3 is 5.11 Å². The van der Waals surface area contributed by atoms with Crippen LogP contribution in [0.4, 0.5) is 0 Å². The van der Waals surface area contributed by atoms with Crippen molar-refractivity contribution in [3.63, 3.8) is 0 Å². The number of nitro groups is 1. The van der Waals surface area contributed by atoms with Gasteiger partial charge in [0.25, 0.3) is 0 Å². The average Bonchev–Trinajstić information content (AvgIpc) is 1.98. The van der Waals surface area contributed by atoms with Crippen LogP contribution in [0.25, 0.3) is 0 Å².